The van der Waals surface area contributed by atoms with Gasteiger partial charge in [0, 0.05) is 49.4 Å². The van der Waals surface area contributed by atoms with Crippen molar-refractivity contribution in [3.05, 3.63) is 23.0 Å². The number of ether oxygens (including phenoxy) is 2. The van der Waals surface area contributed by atoms with E-state index in [4.69, 9.17) is 9.47 Å². The van der Waals surface area contributed by atoms with E-state index in [1.54, 1.807) is 14.2 Å². The van der Waals surface area contributed by atoms with Gasteiger partial charge in [-0.3, -0.25) is 9.88 Å². The molecule has 0 atom stereocenters. The number of rotatable bonds is 8. The fourth-order valence-corrected chi connectivity index (χ4v) is 2.55. The summed E-state index contributed by atoms with van der Waals surface area (Å²) in [5.41, 5.74) is 3.27. The van der Waals surface area contributed by atoms with E-state index in [-0.39, 0.29) is 0 Å². The van der Waals surface area contributed by atoms with Gasteiger partial charge < -0.3 is 9.47 Å². The van der Waals surface area contributed by atoms with Gasteiger partial charge in [0.25, 0.3) is 0 Å². The molecule has 0 saturated heterocycles. The number of aromatic nitrogens is 1. The first-order valence-corrected chi connectivity index (χ1v) is 7.52. The number of halogens is 1. The van der Waals surface area contributed by atoms with E-state index < -0.39 is 0 Å². The molecule has 0 aliphatic rings. The van der Waals surface area contributed by atoms with E-state index in [2.05, 4.69) is 32.7 Å². The molecule has 4 nitrogen and oxygen atoms in total. The molecular formula is C14H23BrN2O2. The van der Waals surface area contributed by atoms with Gasteiger partial charge in [0.15, 0.2) is 0 Å². The van der Waals surface area contributed by atoms with E-state index in [1.807, 2.05) is 13.1 Å². The van der Waals surface area contributed by atoms with Crippen molar-refractivity contribution < 1.29 is 9.47 Å². The standard InChI is InChI=1S/C14H23BrN2O2/c1-11-9-16-13(12(2)14(11)19-4)10-17(6-5-15)7-8-18-3/h9H,5-8,10H2,1-4H3. The molecule has 0 radical (unpaired) electrons. The zero-order valence-corrected chi connectivity index (χ0v) is 13.8. The first kappa shape index (κ1) is 16.4. The molecule has 0 aliphatic carbocycles. The first-order chi connectivity index (χ1) is 9.13. The molecule has 0 spiro atoms. The van der Waals surface area contributed by atoms with E-state index >= 15 is 0 Å². The monoisotopic (exact) mass is 330 g/mol. The van der Waals surface area contributed by atoms with Crippen molar-refractivity contribution in [2.45, 2.75) is 20.4 Å². The third-order valence-corrected chi connectivity index (χ3v) is 3.49. The van der Waals surface area contributed by atoms with E-state index in [1.165, 1.54) is 0 Å². The van der Waals surface area contributed by atoms with Crippen LogP contribution in [0.15, 0.2) is 6.20 Å². The Labute approximate surface area is 124 Å². The van der Waals surface area contributed by atoms with Crippen LogP contribution >= 0.6 is 15.9 Å². The molecule has 1 aromatic heterocycles. The SMILES string of the molecule is COCCN(CCBr)Cc1ncc(C)c(OC)c1C. The van der Waals surface area contributed by atoms with Crippen molar-refractivity contribution >= 4 is 15.9 Å². The lowest BCUT2D eigenvalue weighted by molar-refractivity contribution is 0.147. The highest BCUT2D eigenvalue weighted by molar-refractivity contribution is 9.09. The number of aryl methyl sites for hydroxylation is 1. The maximum absolute atomic E-state index is 5.45. The summed E-state index contributed by atoms with van der Waals surface area (Å²) in [5, 5.41) is 0.943. The molecule has 19 heavy (non-hydrogen) atoms. The van der Waals surface area contributed by atoms with Crippen molar-refractivity contribution in [2.75, 3.05) is 39.2 Å². The topological polar surface area (TPSA) is 34.6 Å². The molecule has 1 aromatic rings. The maximum atomic E-state index is 5.45. The van der Waals surface area contributed by atoms with Gasteiger partial charge in [-0.1, -0.05) is 15.9 Å². The summed E-state index contributed by atoms with van der Waals surface area (Å²) in [4.78, 5) is 6.86. The molecule has 0 aliphatic heterocycles. The molecule has 0 amide bonds. The largest absolute Gasteiger partial charge is 0.496 e. The van der Waals surface area contributed by atoms with Crippen LogP contribution in [0, 0.1) is 13.8 Å². The zero-order chi connectivity index (χ0) is 14.3. The van der Waals surface area contributed by atoms with Gasteiger partial charge in [-0.25, -0.2) is 0 Å². The second-order valence-corrected chi connectivity index (χ2v) is 5.30. The lowest BCUT2D eigenvalue weighted by Gasteiger charge is -2.22. The summed E-state index contributed by atoms with van der Waals surface area (Å²) in [5.74, 6) is 0.940. The summed E-state index contributed by atoms with van der Waals surface area (Å²) in [6.07, 6.45) is 1.88. The molecule has 108 valence electrons. The van der Waals surface area contributed by atoms with E-state index in [0.29, 0.717) is 0 Å². The normalized spacial score (nSPS) is 11.1. The molecular weight excluding hydrogens is 308 g/mol. The molecule has 0 saturated carbocycles. The fraction of sp³-hybridized carbons (Fsp3) is 0.643. The predicted molar refractivity (Wildman–Crippen MR) is 81.2 cm³/mol. The van der Waals surface area contributed by atoms with Crippen LogP contribution in [-0.2, 0) is 11.3 Å². The average molecular weight is 331 g/mol. The highest BCUT2D eigenvalue weighted by Gasteiger charge is 2.13. The van der Waals surface area contributed by atoms with Crippen LogP contribution in [0.5, 0.6) is 5.75 Å². The summed E-state index contributed by atoms with van der Waals surface area (Å²) >= 11 is 3.49. The highest BCUT2D eigenvalue weighted by atomic mass is 79.9. The van der Waals surface area contributed by atoms with Gasteiger partial charge in [-0.15, -0.1) is 0 Å². The Morgan fingerprint density at radius 2 is 2.00 bits per heavy atom. The van der Waals surface area contributed by atoms with Crippen molar-refractivity contribution in [3.8, 4) is 5.75 Å². The van der Waals surface area contributed by atoms with Crippen LogP contribution < -0.4 is 4.74 Å². The van der Waals surface area contributed by atoms with Crippen molar-refractivity contribution in [1.29, 1.82) is 0 Å². The van der Waals surface area contributed by atoms with Gasteiger partial charge in [0.2, 0.25) is 0 Å². The minimum Gasteiger partial charge on any atom is -0.496 e. The third kappa shape index (κ3) is 4.75. The highest BCUT2D eigenvalue weighted by Crippen LogP contribution is 2.24. The van der Waals surface area contributed by atoms with Crippen LogP contribution in [0.3, 0.4) is 0 Å². The number of pyridine rings is 1. The van der Waals surface area contributed by atoms with Crippen molar-refractivity contribution in [1.82, 2.24) is 9.88 Å². The number of hydrogen-bond acceptors (Lipinski definition) is 4. The molecule has 0 N–H and O–H groups in total. The van der Waals surface area contributed by atoms with Crippen molar-refractivity contribution in [3.63, 3.8) is 0 Å². The molecule has 0 aromatic carbocycles. The van der Waals surface area contributed by atoms with E-state index in [9.17, 15) is 0 Å². The summed E-state index contributed by atoms with van der Waals surface area (Å²) in [6.45, 7) is 7.51. The second-order valence-electron chi connectivity index (χ2n) is 4.50. The van der Waals surface area contributed by atoms with Crippen LogP contribution in [-0.4, -0.2) is 49.1 Å². The number of alkyl halides is 1. The lowest BCUT2D eigenvalue weighted by Crippen LogP contribution is -2.29. The Kier molecular flexibility index (Phi) is 7.34. The Hall–Kier alpha value is -0.650. The summed E-state index contributed by atoms with van der Waals surface area (Å²) < 4.78 is 10.6. The Balaban J connectivity index is 2.83. The quantitative estimate of drug-likeness (QED) is 0.686. The number of hydrogen-bond donors (Lipinski definition) is 0. The second kappa shape index (κ2) is 8.51. The fourth-order valence-electron chi connectivity index (χ4n) is 2.05. The molecule has 0 fully saturated rings. The minimum atomic E-state index is 0.731. The Bertz CT molecular complexity index is 399. The van der Waals surface area contributed by atoms with E-state index in [0.717, 1.165) is 54.1 Å². The van der Waals surface area contributed by atoms with Crippen molar-refractivity contribution in [2.24, 2.45) is 0 Å². The number of nitrogens with zero attached hydrogens (tertiary/aromatic N) is 2. The van der Waals surface area contributed by atoms with Gasteiger partial charge in [-0.05, 0) is 13.8 Å². The molecule has 1 heterocycles. The minimum absolute atomic E-state index is 0.731. The smallest absolute Gasteiger partial charge is 0.128 e. The van der Waals surface area contributed by atoms with Crippen LogP contribution in [0.2, 0.25) is 0 Å². The van der Waals surface area contributed by atoms with Gasteiger partial charge in [0.05, 0.1) is 19.4 Å². The van der Waals surface area contributed by atoms with Crippen LogP contribution in [0.25, 0.3) is 0 Å². The van der Waals surface area contributed by atoms with Gasteiger partial charge in [-0.2, -0.15) is 0 Å². The molecule has 1 rings (SSSR count). The number of methoxy groups -OCH3 is 2. The average Bonchev–Trinajstić information content (AvgIpc) is 2.40. The van der Waals surface area contributed by atoms with Gasteiger partial charge >= 0.3 is 0 Å². The summed E-state index contributed by atoms with van der Waals surface area (Å²) in [6, 6.07) is 0. The molecule has 0 unspecified atom stereocenters. The zero-order valence-electron chi connectivity index (χ0n) is 12.2. The third-order valence-electron chi connectivity index (χ3n) is 3.14. The predicted octanol–water partition coefficient (Wildman–Crippen LogP) is 2.55. The van der Waals surface area contributed by atoms with Crippen LogP contribution in [0.4, 0.5) is 0 Å². The lowest BCUT2D eigenvalue weighted by atomic mass is 10.1. The maximum Gasteiger partial charge on any atom is 0.128 e. The summed E-state index contributed by atoms with van der Waals surface area (Å²) in [7, 11) is 3.44. The molecule has 5 heteroatoms. The Morgan fingerprint density at radius 1 is 1.26 bits per heavy atom. The molecule has 0 bridgehead atoms. The van der Waals surface area contributed by atoms with Crippen LogP contribution in [0.1, 0.15) is 16.8 Å². The first-order valence-electron chi connectivity index (χ1n) is 6.40. The van der Waals surface area contributed by atoms with Gasteiger partial charge in [0.1, 0.15) is 5.75 Å². The Morgan fingerprint density at radius 3 is 2.58 bits per heavy atom.